The van der Waals surface area contributed by atoms with Crippen LogP contribution in [0.3, 0.4) is 0 Å². The minimum Gasteiger partial charge on any atom is -0.461 e. The molecule has 0 aromatic heterocycles. The molecule has 0 saturated heterocycles. The van der Waals surface area contributed by atoms with Crippen molar-refractivity contribution in [3.05, 3.63) is 84.4 Å². The normalized spacial score (nSPS) is 15.7. The maximum atomic E-state index is 10.7. The maximum Gasteiger partial charge on any atom is 0.293 e. The quantitative estimate of drug-likeness (QED) is 0.203. The summed E-state index contributed by atoms with van der Waals surface area (Å²) in [6, 6.07) is 24.5. The molecule has 4 rings (SSSR count). The third-order valence-electron chi connectivity index (χ3n) is 6.01. The summed E-state index contributed by atoms with van der Waals surface area (Å²) in [6.45, 7) is 5.67. The van der Waals surface area contributed by atoms with Gasteiger partial charge in [-0.05, 0) is 42.8 Å². The number of nitriles is 1. The van der Waals surface area contributed by atoms with Crippen molar-refractivity contribution in [2.75, 3.05) is 13.2 Å². The first-order valence-corrected chi connectivity index (χ1v) is 11.0. The molecule has 3 aromatic carbocycles. The van der Waals surface area contributed by atoms with E-state index in [2.05, 4.69) is 59.8 Å². The number of allylic oxidation sites excluding steroid dienone is 2. The van der Waals surface area contributed by atoms with Gasteiger partial charge in [0.25, 0.3) is 6.47 Å². The Kier molecular flexibility index (Phi) is 6.46. The number of aliphatic imine (C=N–C) groups is 1. The largest absolute Gasteiger partial charge is 0.461 e. The second-order valence-corrected chi connectivity index (χ2v) is 8.44. The highest BCUT2D eigenvalue weighted by Crippen LogP contribution is 2.44. The summed E-state index contributed by atoms with van der Waals surface area (Å²) in [5.74, 6) is -0.470. The zero-order valence-electron chi connectivity index (χ0n) is 18.8. The second-order valence-electron chi connectivity index (χ2n) is 8.44. The fourth-order valence-corrected chi connectivity index (χ4v) is 4.47. The van der Waals surface area contributed by atoms with Crippen LogP contribution in [0, 0.1) is 17.2 Å². The van der Waals surface area contributed by atoms with Gasteiger partial charge in [0.15, 0.2) is 12.3 Å². The lowest BCUT2D eigenvalue weighted by molar-refractivity contribution is -0.440. The van der Waals surface area contributed by atoms with Crippen molar-refractivity contribution in [2.45, 2.75) is 19.3 Å². The van der Waals surface area contributed by atoms with Crippen molar-refractivity contribution < 1.29 is 14.1 Å². The van der Waals surface area contributed by atoms with Crippen LogP contribution in [0.1, 0.15) is 19.4 Å². The summed E-state index contributed by atoms with van der Waals surface area (Å²) in [5, 5.41) is 12.1. The molecule has 3 aromatic rings. The summed E-state index contributed by atoms with van der Waals surface area (Å²) in [6.07, 6.45) is 5.56. The molecule has 1 aliphatic heterocycles. The van der Waals surface area contributed by atoms with Gasteiger partial charge in [-0.1, -0.05) is 48.5 Å². The molecule has 0 radical (unpaired) electrons. The lowest BCUT2D eigenvalue weighted by Gasteiger charge is -2.17. The Morgan fingerprint density at radius 3 is 2.61 bits per heavy atom. The Morgan fingerprint density at radius 2 is 1.85 bits per heavy atom. The predicted octanol–water partition coefficient (Wildman–Crippen LogP) is 5.49. The standard InChI is InChI=1S/C28H26N3O2/c1-28(2)26(15-12-21(18-29)19-30-23-9-4-3-5-10-23)31(16-17-33-20-32)25-14-13-22-8-6-7-11-24(22)27(25)28/h3-15,19-21H,16-17H2,1-2H3/q+1/b15-12+,30-19?. The number of ether oxygens (including phenoxy) is 1. The molecule has 1 unspecified atom stereocenters. The molecular formula is C28H26N3O2+. The van der Waals surface area contributed by atoms with Crippen LogP contribution in [-0.4, -0.2) is 36.1 Å². The van der Waals surface area contributed by atoms with Gasteiger partial charge in [-0.25, -0.2) is 0 Å². The number of carbonyl (C=O) groups is 1. The molecule has 1 aliphatic rings. The first kappa shape index (κ1) is 22.2. The van der Waals surface area contributed by atoms with Crippen molar-refractivity contribution in [3.8, 4) is 6.07 Å². The van der Waals surface area contributed by atoms with Gasteiger partial charge < -0.3 is 4.74 Å². The Labute approximate surface area is 194 Å². The van der Waals surface area contributed by atoms with E-state index in [1.165, 1.54) is 16.3 Å². The van der Waals surface area contributed by atoms with Gasteiger partial charge in [0, 0.05) is 23.9 Å². The summed E-state index contributed by atoms with van der Waals surface area (Å²) in [5.41, 5.74) is 3.89. The molecule has 0 amide bonds. The second kappa shape index (κ2) is 9.62. The van der Waals surface area contributed by atoms with Crippen molar-refractivity contribution in [1.29, 1.82) is 5.26 Å². The number of hydrogen-bond acceptors (Lipinski definition) is 4. The van der Waals surface area contributed by atoms with Crippen LogP contribution in [-0.2, 0) is 14.9 Å². The van der Waals surface area contributed by atoms with Gasteiger partial charge in [-0.2, -0.15) is 9.84 Å². The van der Waals surface area contributed by atoms with Crippen molar-refractivity contribution >= 4 is 40.5 Å². The number of rotatable bonds is 8. The molecular weight excluding hydrogens is 410 g/mol. The molecule has 0 fully saturated rings. The van der Waals surface area contributed by atoms with Gasteiger partial charge >= 0.3 is 0 Å². The zero-order valence-corrected chi connectivity index (χ0v) is 18.8. The van der Waals surface area contributed by atoms with Crippen LogP contribution >= 0.6 is 0 Å². The van der Waals surface area contributed by atoms with Crippen LogP contribution in [0.15, 0.2) is 83.9 Å². The molecule has 0 aliphatic carbocycles. The van der Waals surface area contributed by atoms with E-state index in [1.54, 1.807) is 6.21 Å². The molecule has 0 N–H and O–H groups in total. The smallest absolute Gasteiger partial charge is 0.293 e. The molecule has 5 nitrogen and oxygen atoms in total. The molecule has 0 bridgehead atoms. The average molecular weight is 437 g/mol. The van der Waals surface area contributed by atoms with Crippen molar-refractivity contribution in [2.24, 2.45) is 10.9 Å². The van der Waals surface area contributed by atoms with E-state index >= 15 is 0 Å². The Balaban J connectivity index is 1.73. The van der Waals surface area contributed by atoms with E-state index in [9.17, 15) is 10.1 Å². The van der Waals surface area contributed by atoms with Crippen LogP contribution < -0.4 is 0 Å². The van der Waals surface area contributed by atoms with Gasteiger partial charge in [0.1, 0.15) is 12.5 Å². The monoisotopic (exact) mass is 436 g/mol. The number of nitrogens with zero attached hydrogens (tertiary/aromatic N) is 3. The third kappa shape index (κ3) is 4.47. The van der Waals surface area contributed by atoms with Crippen LogP contribution in [0.25, 0.3) is 10.8 Å². The molecule has 1 heterocycles. The summed E-state index contributed by atoms with van der Waals surface area (Å²) in [4.78, 5) is 15.2. The van der Waals surface area contributed by atoms with E-state index in [-0.39, 0.29) is 12.0 Å². The van der Waals surface area contributed by atoms with Crippen molar-refractivity contribution in [3.63, 3.8) is 0 Å². The SMILES string of the molecule is CC1(C)C(/C=C/C(C#N)C=Nc2ccccc2)=[N+](CCOC=O)c2ccc3ccccc3c21. The lowest BCUT2D eigenvalue weighted by atomic mass is 9.79. The third-order valence-corrected chi connectivity index (χ3v) is 6.01. The van der Waals surface area contributed by atoms with E-state index in [4.69, 9.17) is 4.74 Å². The highest BCUT2D eigenvalue weighted by atomic mass is 16.5. The minimum absolute atomic E-state index is 0.278. The first-order valence-electron chi connectivity index (χ1n) is 11.0. The highest BCUT2D eigenvalue weighted by molar-refractivity contribution is 6.07. The number of para-hydroxylation sites is 1. The Bertz CT molecular complexity index is 1300. The fourth-order valence-electron chi connectivity index (χ4n) is 4.47. The summed E-state index contributed by atoms with van der Waals surface area (Å²) in [7, 11) is 0. The van der Waals surface area contributed by atoms with Gasteiger partial charge in [0.2, 0.25) is 5.69 Å². The summed E-state index contributed by atoms with van der Waals surface area (Å²) < 4.78 is 7.20. The minimum atomic E-state index is -0.470. The first-order chi connectivity index (χ1) is 16.1. The molecule has 164 valence electrons. The number of benzene rings is 3. The number of carbonyl (C=O) groups excluding carboxylic acids is 1. The topological polar surface area (TPSA) is 65.5 Å². The Hall–Kier alpha value is -4.04. The molecule has 0 spiro atoms. The van der Waals surface area contributed by atoms with Gasteiger partial charge in [-0.15, -0.1) is 0 Å². The van der Waals surface area contributed by atoms with E-state index in [0.717, 1.165) is 17.1 Å². The number of hydrogen-bond donors (Lipinski definition) is 0. The van der Waals surface area contributed by atoms with Gasteiger partial charge in [0.05, 0.1) is 17.2 Å². The number of fused-ring (bicyclic) bond motifs is 3. The fraction of sp³-hybridized carbons (Fsp3) is 0.214. The predicted molar refractivity (Wildman–Crippen MR) is 132 cm³/mol. The van der Waals surface area contributed by atoms with Crippen LogP contribution in [0.5, 0.6) is 0 Å². The average Bonchev–Trinajstić information content (AvgIpc) is 3.06. The maximum absolute atomic E-state index is 10.7. The van der Waals surface area contributed by atoms with E-state index in [0.29, 0.717) is 13.0 Å². The lowest BCUT2D eigenvalue weighted by Crippen LogP contribution is -2.29. The van der Waals surface area contributed by atoms with Gasteiger partial charge in [-0.3, -0.25) is 9.79 Å². The molecule has 33 heavy (non-hydrogen) atoms. The van der Waals surface area contributed by atoms with E-state index < -0.39 is 5.92 Å². The molecule has 5 heteroatoms. The van der Waals surface area contributed by atoms with E-state index in [1.807, 2.05) is 48.6 Å². The summed E-state index contributed by atoms with van der Waals surface area (Å²) >= 11 is 0. The van der Waals surface area contributed by atoms with Crippen LogP contribution in [0.4, 0.5) is 11.4 Å². The van der Waals surface area contributed by atoms with Crippen molar-refractivity contribution in [1.82, 2.24) is 0 Å². The zero-order chi connectivity index (χ0) is 23.3. The van der Waals surface area contributed by atoms with Crippen LogP contribution in [0.2, 0.25) is 0 Å². The molecule has 0 saturated carbocycles. The molecule has 1 atom stereocenters. The Morgan fingerprint density at radius 1 is 1.09 bits per heavy atom. The highest BCUT2D eigenvalue weighted by Gasteiger charge is 2.45.